The summed E-state index contributed by atoms with van der Waals surface area (Å²) in [6, 6.07) is 5.59. The molecule has 0 spiro atoms. The van der Waals surface area contributed by atoms with Gasteiger partial charge in [0.05, 0.1) is 5.56 Å². The second kappa shape index (κ2) is 4.67. The van der Waals surface area contributed by atoms with Crippen LogP contribution in [0, 0.1) is 5.82 Å². The Morgan fingerprint density at radius 2 is 2.24 bits per heavy atom. The van der Waals surface area contributed by atoms with Gasteiger partial charge in [-0.15, -0.1) is 0 Å². The van der Waals surface area contributed by atoms with E-state index in [4.69, 9.17) is 0 Å². The van der Waals surface area contributed by atoms with E-state index in [9.17, 15) is 9.18 Å². The predicted molar refractivity (Wildman–Crippen MR) is 65.3 cm³/mol. The van der Waals surface area contributed by atoms with Crippen molar-refractivity contribution in [2.24, 2.45) is 7.05 Å². The zero-order chi connectivity index (χ0) is 12.4. The van der Waals surface area contributed by atoms with Gasteiger partial charge in [0, 0.05) is 23.8 Å². The summed E-state index contributed by atoms with van der Waals surface area (Å²) in [5.41, 5.74) is 0.232. The Labute approximate surface area is 106 Å². The van der Waals surface area contributed by atoms with Gasteiger partial charge < -0.3 is 5.32 Å². The number of nitrogens with zero attached hydrogens (tertiary/aromatic N) is 2. The molecule has 88 valence electrons. The van der Waals surface area contributed by atoms with Gasteiger partial charge in [-0.1, -0.05) is 0 Å². The van der Waals surface area contributed by atoms with Crippen molar-refractivity contribution in [3.8, 4) is 0 Å². The molecule has 2 aromatic rings. The number of benzene rings is 1. The van der Waals surface area contributed by atoms with Crippen LogP contribution in [-0.2, 0) is 7.05 Å². The average Bonchev–Trinajstić information content (AvgIpc) is 2.67. The van der Waals surface area contributed by atoms with Gasteiger partial charge in [-0.05, 0) is 34.1 Å². The fraction of sp³-hybridized carbons (Fsp3) is 0.0909. The van der Waals surface area contributed by atoms with Crippen LogP contribution in [0.25, 0.3) is 0 Å². The van der Waals surface area contributed by atoms with Crippen molar-refractivity contribution in [1.29, 1.82) is 0 Å². The van der Waals surface area contributed by atoms with Crippen LogP contribution >= 0.6 is 15.9 Å². The van der Waals surface area contributed by atoms with Crippen molar-refractivity contribution in [2.45, 2.75) is 0 Å². The number of carbonyl (C=O) groups excluding carboxylic acids is 1. The molecule has 1 N–H and O–H groups in total. The highest BCUT2D eigenvalue weighted by molar-refractivity contribution is 9.10. The van der Waals surface area contributed by atoms with Crippen molar-refractivity contribution >= 4 is 27.7 Å². The minimum atomic E-state index is -0.459. The summed E-state index contributed by atoms with van der Waals surface area (Å²) < 4.78 is 15.1. The molecule has 0 saturated heterocycles. The molecule has 0 radical (unpaired) electrons. The molecule has 0 saturated carbocycles. The molecule has 0 aliphatic rings. The first-order chi connectivity index (χ1) is 8.06. The molecule has 0 aliphatic carbocycles. The van der Waals surface area contributed by atoms with Crippen molar-refractivity contribution in [3.63, 3.8) is 0 Å². The maximum Gasteiger partial charge on any atom is 0.258 e. The SMILES string of the molecule is Cn1ccc(NC(=O)c2cc(F)ccc2Br)n1. The second-order valence-corrected chi connectivity index (χ2v) is 4.31. The molecule has 1 heterocycles. The van der Waals surface area contributed by atoms with Gasteiger partial charge in [0.15, 0.2) is 5.82 Å². The van der Waals surface area contributed by atoms with E-state index >= 15 is 0 Å². The Balaban J connectivity index is 2.22. The van der Waals surface area contributed by atoms with Crippen LogP contribution in [0.1, 0.15) is 10.4 Å². The molecule has 1 amide bonds. The molecule has 1 aromatic heterocycles. The Morgan fingerprint density at radius 3 is 2.88 bits per heavy atom. The van der Waals surface area contributed by atoms with Crippen molar-refractivity contribution < 1.29 is 9.18 Å². The third-order valence-corrected chi connectivity index (χ3v) is 2.82. The van der Waals surface area contributed by atoms with E-state index in [1.807, 2.05) is 0 Å². The van der Waals surface area contributed by atoms with E-state index < -0.39 is 11.7 Å². The fourth-order valence-electron chi connectivity index (χ4n) is 1.34. The molecular formula is C11H9BrFN3O. The first-order valence-electron chi connectivity index (χ1n) is 4.82. The highest BCUT2D eigenvalue weighted by Crippen LogP contribution is 2.19. The number of anilines is 1. The number of amides is 1. The lowest BCUT2D eigenvalue weighted by molar-refractivity contribution is 0.102. The molecule has 1 aromatic carbocycles. The quantitative estimate of drug-likeness (QED) is 0.926. The summed E-state index contributed by atoms with van der Waals surface area (Å²) in [5, 5.41) is 6.58. The average molecular weight is 298 g/mol. The molecule has 0 fully saturated rings. The standard InChI is InChI=1S/C11H9BrFN3O/c1-16-5-4-10(15-16)14-11(17)8-6-7(13)2-3-9(8)12/h2-6H,1H3,(H,14,15,17). The Bertz CT molecular complexity index is 568. The van der Waals surface area contributed by atoms with Crippen LogP contribution in [-0.4, -0.2) is 15.7 Å². The molecule has 6 heteroatoms. The number of aromatic nitrogens is 2. The lowest BCUT2D eigenvalue weighted by Crippen LogP contribution is -2.13. The number of aryl methyl sites for hydroxylation is 1. The van der Waals surface area contributed by atoms with Gasteiger partial charge in [0.1, 0.15) is 5.82 Å². The van der Waals surface area contributed by atoms with Crippen LogP contribution in [0.2, 0.25) is 0 Å². The van der Waals surface area contributed by atoms with Crippen LogP contribution in [0.5, 0.6) is 0 Å². The lowest BCUT2D eigenvalue weighted by Gasteiger charge is -2.04. The van der Waals surface area contributed by atoms with E-state index in [0.717, 1.165) is 0 Å². The number of rotatable bonds is 2. The number of halogens is 2. The summed E-state index contributed by atoms with van der Waals surface area (Å²) in [6.45, 7) is 0. The third-order valence-electron chi connectivity index (χ3n) is 2.13. The van der Waals surface area contributed by atoms with Gasteiger partial charge in [-0.3, -0.25) is 9.48 Å². The van der Waals surface area contributed by atoms with Gasteiger partial charge in [-0.2, -0.15) is 5.10 Å². The van der Waals surface area contributed by atoms with E-state index in [1.165, 1.54) is 18.2 Å². The maximum atomic E-state index is 13.0. The van der Waals surface area contributed by atoms with Crippen molar-refractivity contribution in [3.05, 3.63) is 46.3 Å². The van der Waals surface area contributed by atoms with E-state index in [0.29, 0.717) is 10.3 Å². The minimum Gasteiger partial charge on any atom is -0.305 e. The molecular weight excluding hydrogens is 289 g/mol. The van der Waals surface area contributed by atoms with Crippen LogP contribution in [0.3, 0.4) is 0 Å². The smallest absolute Gasteiger partial charge is 0.258 e. The molecule has 0 atom stereocenters. The summed E-state index contributed by atoms with van der Waals surface area (Å²) in [4.78, 5) is 11.8. The van der Waals surface area contributed by atoms with Gasteiger partial charge >= 0.3 is 0 Å². The van der Waals surface area contributed by atoms with E-state index in [-0.39, 0.29) is 5.56 Å². The predicted octanol–water partition coefficient (Wildman–Crippen LogP) is 2.57. The Hall–Kier alpha value is -1.69. The summed E-state index contributed by atoms with van der Waals surface area (Å²) in [5.74, 6) is -0.442. The van der Waals surface area contributed by atoms with Gasteiger partial charge in [-0.25, -0.2) is 4.39 Å². The van der Waals surface area contributed by atoms with E-state index in [1.54, 1.807) is 24.0 Å². The first-order valence-corrected chi connectivity index (χ1v) is 5.61. The minimum absolute atomic E-state index is 0.232. The fourth-order valence-corrected chi connectivity index (χ4v) is 1.76. The first kappa shape index (κ1) is 11.8. The molecule has 2 rings (SSSR count). The molecule has 4 nitrogen and oxygen atoms in total. The second-order valence-electron chi connectivity index (χ2n) is 3.45. The summed E-state index contributed by atoms with van der Waals surface area (Å²) >= 11 is 3.20. The summed E-state index contributed by atoms with van der Waals surface area (Å²) in [7, 11) is 1.74. The number of hydrogen-bond donors (Lipinski definition) is 1. The highest BCUT2D eigenvalue weighted by atomic mass is 79.9. The molecule has 0 aliphatic heterocycles. The normalized spacial score (nSPS) is 10.3. The zero-order valence-corrected chi connectivity index (χ0v) is 10.5. The lowest BCUT2D eigenvalue weighted by atomic mass is 10.2. The van der Waals surface area contributed by atoms with Crippen LogP contribution < -0.4 is 5.32 Å². The molecule has 17 heavy (non-hydrogen) atoms. The highest BCUT2D eigenvalue weighted by Gasteiger charge is 2.12. The van der Waals surface area contributed by atoms with Crippen LogP contribution in [0.4, 0.5) is 10.2 Å². The molecule has 0 unspecified atom stereocenters. The van der Waals surface area contributed by atoms with Gasteiger partial charge in [0.2, 0.25) is 0 Å². The Kier molecular flexibility index (Phi) is 3.23. The topological polar surface area (TPSA) is 46.9 Å². The number of carbonyl (C=O) groups is 1. The van der Waals surface area contributed by atoms with Crippen LogP contribution in [0.15, 0.2) is 34.9 Å². The largest absolute Gasteiger partial charge is 0.305 e. The zero-order valence-electron chi connectivity index (χ0n) is 8.95. The van der Waals surface area contributed by atoms with Crippen molar-refractivity contribution in [1.82, 2.24) is 9.78 Å². The third kappa shape index (κ3) is 2.71. The molecule has 0 bridgehead atoms. The number of nitrogens with one attached hydrogen (secondary N) is 1. The summed E-state index contributed by atoms with van der Waals surface area (Å²) in [6.07, 6.45) is 1.70. The van der Waals surface area contributed by atoms with Crippen molar-refractivity contribution in [2.75, 3.05) is 5.32 Å². The van der Waals surface area contributed by atoms with E-state index in [2.05, 4.69) is 26.3 Å². The van der Waals surface area contributed by atoms with Gasteiger partial charge in [0.25, 0.3) is 5.91 Å². The number of hydrogen-bond acceptors (Lipinski definition) is 2. The Morgan fingerprint density at radius 1 is 1.47 bits per heavy atom. The maximum absolute atomic E-state index is 13.0. The monoisotopic (exact) mass is 297 g/mol.